The molecule has 2 rings (SSSR count). The van der Waals surface area contributed by atoms with E-state index in [1.165, 1.54) is 12.1 Å². The highest BCUT2D eigenvalue weighted by atomic mass is 32.2. The monoisotopic (exact) mass is 375 g/mol. The molecular formula is C19H25N3O3S. The van der Waals surface area contributed by atoms with Gasteiger partial charge in [0, 0.05) is 17.8 Å². The van der Waals surface area contributed by atoms with E-state index >= 15 is 0 Å². The van der Waals surface area contributed by atoms with E-state index in [0.29, 0.717) is 17.8 Å². The lowest BCUT2D eigenvalue weighted by molar-refractivity contribution is 0.0952. The third-order valence-corrected chi connectivity index (χ3v) is 5.16. The molecule has 2 aromatic carbocycles. The van der Waals surface area contributed by atoms with E-state index in [9.17, 15) is 13.2 Å². The molecule has 0 aromatic heterocycles. The average molecular weight is 375 g/mol. The fourth-order valence-corrected chi connectivity index (χ4v) is 3.44. The SMILES string of the molecule is Cc1ccc(NS(=O)(=O)c2cccc(C(=O)NCCCN(C)C)c2)cc1. The number of hydrogen-bond acceptors (Lipinski definition) is 4. The van der Waals surface area contributed by atoms with Gasteiger partial charge in [-0.25, -0.2) is 8.42 Å². The largest absolute Gasteiger partial charge is 0.352 e. The molecule has 0 unspecified atom stereocenters. The number of carbonyl (C=O) groups excluding carboxylic acids is 1. The van der Waals surface area contributed by atoms with Gasteiger partial charge in [0.25, 0.3) is 15.9 Å². The third-order valence-electron chi connectivity index (χ3n) is 3.78. The molecule has 1 amide bonds. The van der Waals surface area contributed by atoms with Gasteiger partial charge in [0.05, 0.1) is 4.90 Å². The van der Waals surface area contributed by atoms with Crippen molar-refractivity contribution in [1.82, 2.24) is 10.2 Å². The van der Waals surface area contributed by atoms with E-state index in [-0.39, 0.29) is 10.8 Å². The maximum atomic E-state index is 12.5. The van der Waals surface area contributed by atoms with Gasteiger partial charge in [0.1, 0.15) is 0 Å². The molecule has 7 heteroatoms. The molecule has 0 aliphatic heterocycles. The van der Waals surface area contributed by atoms with Crippen molar-refractivity contribution < 1.29 is 13.2 Å². The van der Waals surface area contributed by atoms with E-state index < -0.39 is 10.0 Å². The molecular weight excluding hydrogens is 350 g/mol. The summed E-state index contributed by atoms with van der Waals surface area (Å²) in [6.45, 7) is 3.34. The lowest BCUT2D eigenvalue weighted by Gasteiger charge is -2.11. The summed E-state index contributed by atoms with van der Waals surface area (Å²) < 4.78 is 27.6. The number of benzene rings is 2. The van der Waals surface area contributed by atoms with Crippen LogP contribution in [-0.2, 0) is 10.0 Å². The zero-order valence-electron chi connectivity index (χ0n) is 15.3. The van der Waals surface area contributed by atoms with E-state index in [1.807, 2.05) is 38.1 Å². The van der Waals surface area contributed by atoms with E-state index in [4.69, 9.17) is 0 Å². The number of nitrogens with zero attached hydrogens (tertiary/aromatic N) is 1. The highest BCUT2D eigenvalue weighted by Gasteiger charge is 2.16. The predicted molar refractivity (Wildman–Crippen MR) is 104 cm³/mol. The lowest BCUT2D eigenvalue weighted by Crippen LogP contribution is -2.27. The molecule has 6 nitrogen and oxygen atoms in total. The summed E-state index contributed by atoms with van der Waals surface area (Å²) in [7, 11) is 0.184. The predicted octanol–water partition coefficient (Wildman–Crippen LogP) is 2.48. The lowest BCUT2D eigenvalue weighted by atomic mass is 10.2. The summed E-state index contributed by atoms with van der Waals surface area (Å²) in [6.07, 6.45) is 0.825. The minimum atomic E-state index is -3.76. The quantitative estimate of drug-likeness (QED) is 0.695. The summed E-state index contributed by atoms with van der Waals surface area (Å²) in [5.41, 5.74) is 1.84. The minimum Gasteiger partial charge on any atom is -0.352 e. The van der Waals surface area contributed by atoms with Gasteiger partial charge in [-0.15, -0.1) is 0 Å². The summed E-state index contributed by atoms with van der Waals surface area (Å²) in [4.78, 5) is 14.3. The van der Waals surface area contributed by atoms with E-state index in [1.54, 1.807) is 24.3 Å². The first kappa shape index (κ1) is 19.9. The molecule has 0 aliphatic rings. The maximum absolute atomic E-state index is 12.5. The summed E-state index contributed by atoms with van der Waals surface area (Å²) >= 11 is 0. The van der Waals surface area contributed by atoms with Gasteiger partial charge in [-0.05, 0) is 64.3 Å². The number of rotatable bonds is 8. The Hall–Kier alpha value is -2.38. The highest BCUT2D eigenvalue weighted by molar-refractivity contribution is 7.92. The van der Waals surface area contributed by atoms with Gasteiger partial charge < -0.3 is 10.2 Å². The van der Waals surface area contributed by atoms with Crippen molar-refractivity contribution in [3.05, 3.63) is 59.7 Å². The summed E-state index contributed by atoms with van der Waals surface area (Å²) in [5, 5.41) is 2.81. The summed E-state index contributed by atoms with van der Waals surface area (Å²) in [5.74, 6) is -0.281. The normalized spacial score (nSPS) is 11.4. The van der Waals surface area contributed by atoms with Gasteiger partial charge in [-0.3, -0.25) is 9.52 Å². The molecule has 0 aliphatic carbocycles. The number of carbonyl (C=O) groups is 1. The van der Waals surface area contributed by atoms with Crippen LogP contribution in [0.4, 0.5) is 5.69 Å². The van der Waals surface area contributed by atoms with Crippen LogP contribution < -0.4 is 10.0 Å². The Morgan fingerprint density at radius 1 is 1.08 bits per heavy atom. The van der Waals surface area contributed by atoms with Gasteiger partial charge in [0.2, 0.25) is 0 Å². The Morgan fingerprint density at radius 3 is 2.42 bits per heavy atom. The molecule has 140 valence electrons. The van der Waals surface area contributed by atoms with Gasteiger partial charge in [-0.2, -0.15) is 0 Å². The van der Waals surface area contributed by atoms with Crippen LogP contribution in [0.3, 0.4) is 0 Å². The maximum Gasteiger partial charge on any atom is 0.261 e. The van der Waals surface area contributed by atoms with Gasteiger partial charge >= 0.3 is 0 Å². The Morgan fingerprint density at radius 2 is 1.77 bits per heavy atom. The number of aryl methyl sites for hydroxylation is 1. The fraction of sp³-hybridized carbons (Fsp3) is 0.316. The van der Waals surface area contributed by atoms with Crippen LogP contribution in [0.25, 0.3) is 0 Å². The molecule has 0 spiro atoms. The number of sulfonamides is 1. The Balaban J connectivity index is 2.07. The Labute approximate surface area is 155 Å². The van der Waals surface area contributed by atoms with Crippen molar-refractivity contribution in [2.45, 2.75) is 18.2 Å². The number of amides is 1. The summed E-state index contributed by atoms with van der Waals surface area (Å²) in [6, 6.07) is 13.1. The first-order chi connectivity index (χ1) is 12.3. The zero-order chi connectivity index (χ0) is 19.2. The number of hydrogen-bond donors (Lipinski definition) is 2. The third kappa shape index (κ3) is 5.86. The highest BCUT2D eigenvalue weighted by Crippen LogP contribution is 2.17. The second-order valence-electron chi connectivity index (χ2n) is 6.41. The molecule has 0 radical (unpaired) electrons. The van der Waals surface area contributed by atoms with Crippen LogP contribution in [0.2, 0.25) is 0 Å². The van der Waals surface area contributed by atoms with Crippen molar-refractivity contribution in [2.24, 2.45) is 0 Å². The standard InChI is InChI=1S/C19H25N3O3S/c1-15-8-10-17(11-9-15)21-26(24,25)18-7-4-6-16(14-18)19(23)20-12-5-13-22(2)3/h4,6-11,14,21H,5,12-13H2,1-3H3,(H,20,23). The van der Waals surface area contributed by atoms with E-state index in [0.717, 1.165) is 18.5 Å². The molecule has 26 heavy (non-hydrogen) atoms. The smallest absolute Gasteiger partial charge is 0.261 e. The Kier molecular flexibility index (Phi) is 6.76. The molecule has 2 aromatic rings. The van der Waals surface area contributed by atoms with Gasteiger partial charge in [-0.1, -0.05) is 23.8 Å². The molecule has 0 bridgehead atoms. The van der Waals surface area contributed by atoms with Crippen LogP contribution in [0.15, 0.2) is 53.4 Å². The van der Waals surface area contributed by atoms with Crippen molar-refractivity contribution in [1.29, 1.82) is 0 Å². The molecule has 0 heterocycles. The Bertz CT molecular complexity index is 847. The molecule has 2 N–H and O–H groups in total. The molecule has 0 saturated carbocycles. The second-order valence-corrected chi connectivity index (χ2v) is 8.09. The first-order valence-corrected chi connectivity index (χ1v) is 9.89. The minimum absolute atomic E-state index is 0.0546. The van der Waals surface area contributed by atoms with E-state index in [2.05, 4.69) is 10.0 Å². The first-order valence-electron chi connectivity index (χ1n) is 8.40. The van der Waals surface area contributed by atoms with Crippen LogP contribution in [0.5, 0.6) is 0 Å². The topological polar surface area (TPSA) is 78.5 Å². The van der Waals surface area contributed by atoms with Crippen LogP contribution in [-0.4, -0.2) is 46.4 Å². The van der Waals surface area contributed by atoms with Crippen LogP contribution in [0, 0.1) is 6.92 Å². The van der Waals surface area contributed by atoms with Crippen molar-refractivity contribution >= 4 is 21.6 Å². The molecule has 0 atom stereocenters. The second kappa shape index (κ2) is 8.82. The molecule has 0 saturated heterocycles. The number of anilines is 1. The van der Waals surface area contributed by atoms with Crippen LogP contribution >= 0.6 is 0 Å². The van der Waals surface area contributed by atoms with Crippen molar-refractivity contribution in [3.63, 3.8) is 0 Å². The average Bonchev–Trinajstić information content (AvgIpc) is 2.60. The van der Waals surface area contributed by atoms with Crippen molar-refractivity contribution in [2.75, 3.05) is 31.9 Å². The zero-order valence-corrected chi connectivity index (χ0v) is 16.1. The fourth-order valence-electron chi connectivity index (χ4n) is 2.34. The van der Waals surface area contributed by atoms with Crippen molar-refractivity contribution in [3.8, 4) is 0 Å². The molecule has 0 fully saturated rings. The number of nitrogens with one attached hydrogen (secondary N) is 2. The van der Waals surface area contributed by atoms with Crippen LogP contribution in [0.1, 0.15) is 22.3 Å². The van der Waals surface area contributed by atoms with Gasteiger partial charge in [0.15, 0.2) is 0 Å².